The zero-order chi connectivity index (χ0) is 15.6. The first kappa shape index (κ1) is 16.9. The molecular formula is C21H31N. The van der Waals surface area contributed by atoms with Gasteiger partial charge in [-0.2, -0.15) is 0 Å². The number of anilines is 1. The number of unbranched alkanes of at least 4 members (excludes halogenated alkanes) is 7. The summed E-state index contributed by atoms with van der Waals surface area (Å²) in [5.74, 6) is 0. The highest BCUT2D eigenvalue weighted by atomic mass is 14.8. The molecule has 2 aromatic rings. The van der Waals surface area contributed by atoms with E-state index in [9.17, 15) is 0 Å². The molecule has 0 saturated carbocycles. The molecule has 0 unspecified atom stereocenters. The summed E-state index contributed by atoms with van der Waals surface area (Å²) in [6.07, 6.45) is 12.3. The zero-order valence-corrected chi connectivity index (χ0v) is 14.3. The lowest BCUT2D eigenvalue weighted by atomic mass is 9.97. The average Bonchev–Trinajstić information content (AvgIpc) is 2.56. The van der Waals surface area contributed by atoms with Gasteiger partial charge in [0.15, 0.2) is 0 Å². The van der Waals surface area contributed by atoms with Gasteiger partial charge >= 0.3 is 0 Å². The Labute approximate surface area is 136 Å². The van der Waals surface area contributed by atoms with Crippen LogP contribution in [-0.2, 0) is 6.42 Å². The van der Waals surface area contributed by atoms with Crippen LogP contribution < -0.4 is 5.32 Å². The standard InChI is InChI=1S/C21H31N/c1-3-4-5-6-7-8-9-10-13-18-14-11-15-19-16-12-17-20(22-2)21(18)19/h11-12,14-17,22H,3-10,13H2,1-2H3. The fourth-order valence-electron chi connectivity index (χ4n) is 3.28. The molecule has 0 bridgehead atoms. The largest absolute Gasteiger partial charge is 0.388 e. The molecule has 0 aliphatic carbocycles. The van der Waals surface area contributed by atoms with Gasteiger partial charge in [0.2, 0.25) is 0 Å². The molecule has 0 aliphatic heterocycles. The van der Waals surface area contributed by atoms with Gasteiger partial charge in [-0.25, -0.2) is 0 Å². The lowest BCUT2D eigenvalue weighted by molar-refractivity contribution is 0.576. The van der Waals surface area contributed by atoms with E-state index in [1.807, 2.05) is 7.05 Å². The molecule has 2 rings (SSSR count). The van der Waals surface area contributed by atoms with Crippen molar-refractivity contribution in [3.05, 3.63) is 42.0 Å². The number of rotatable bonds is 10. The summed E-state index contributed by atoms with van der Waals surface area (Å²) in [7, 11) is 2.02. The minimum atomic E-state index is 1.20. The van der Waals surface area contributed by atoms with E-state index in [4.69, 9.17) is 0 Å². The predicted octanol–water partition coefficient (Wildman–Crippen LogP) is 6.56. The molecule has 0 radical (unpaired) electrons. The zero-order valence-electron chi connectivity index (χ0n) is 14.3. The van der Waals surface area contributed by atoms with Gasteiger partial charge < -0.3 is 5.32 Å². The van der Waals surface area contributed by atoms with Crippen LogP contribution in [-0.4, -0.2) is 7.05 Å². The Balaban J connectivity index is 1.84. The molecule has 120 valence electrons. The van der Waals surface area contributed by atoms with Gasteiger partial charge in [-0.15, -0.1) is 0 Å². The Hall–Kier alpha value is -1.50. The summed E-state index contributed by atoms with van der Waals surface area (Å²) >= 11 is 0. The number of aryl methyl sites for hydroxylation is 1. The molecule has 0 saturated heterocycles. The summed E-state index contributed by atoms with van der Waals surface area (Å²) in [6, 6.07) is 13.2. The van der Waals surface area contributed by atoms with E-state index in [-0.39, 0.29) is 0 Å². The number of hydrogen-bond donors (Lipinski definition) is 1. The minimum absolute atomic E-state index is 1.20. The van der Waals surface area contributed by atoms with E-state index < -0.39 is 0 Å². The molecule has 22 heavy (non-hydrogen) atoms. The van der Waals surface area contributed by atoms with Crippen molar-refractivity contribution in [3.63, 3.8) is 0 Å². The Kier molecular flexibility index (Phi) is 7.28. The van der Waals surface area contributed by atoms with Crippen LogP contribution in [0.4, 0.5) is 5.69 Å². The molecule has 0 fully saturated rings. The normalized spacial score (nSPS) is 11.0. The third kappa shape index (κ3) is 4.76. The van der Waals surface area contributed by atoms with Crippen molar-refractivity contribution < 1.29 is 0 Å². The fourth-order valence-corrected chi connectivity index (χ4v) is 3.28. The topological polar surface area (TPSA) is 12.0 Å². The molecule has 0 aromatic heterocycles. The second kappa shape index (κ2) is 9.50. The van der Waals surface area contributed by atoms with Gasteiger partial charge in [-0.05, 0) is 29.9 Å². The second-order valence-electron chi connectivity index (χ2n) is 6.30. The third-order valence-electron chi connectivity index (χ3n) is 4.56. The molecule has 0 heterocycles. The Morgan fingerprint density at radius 1 is 0.773 bits per heavy atom. The van der Waals surface area contributed by atoms with E-state index >= 15 is 0 Å². The molecule has 0 atom stereocenters. The lowest BCUT2D eigenvalue weighted by Gasteiger charge is -2.11. The highest BCUT2D eigenvalue weighted by Gasteiger charge is 2.05. The van der Waals surface area contributed by atoms with Gasteiger partial charge in [0.25, 0.3) is 0 Å². The van der Waals surface area contributed by atoms with Crippen LogP contribution in [0.2, 0.25) is 0 Å². The van der Waals surface area contributed by atoms with E-state index in [0.29, 0.717) is 0 Å². The number of fused-ring (bicyclic) bond motifs is 1. The molecule has 1 N–H and O–H groups in total. The van der Waals surface area contributed by atoms with Crippen molar-refractivity contribution in [1.82, 2.24) is 0 Å². The highest BCUT2D eigenvalue weighted by Crippen LogP contribution is 2.28. The first-order chi connectivity index (χ1) is 10.9. The van der Waals surface area contributed by atoms with Crippen LogP contribution in [0.1, 0.15) is 63.9 Å². The molecule has 0 aliphatic rings. The van der Waals surface area contributed by atoms with Gasteiger partial charge in [0.05, 0.1) is 0 Å². The van der Waals surface area contributed by atoms with Crippen LogP contribution in [0, 0.1) is 0 Å². The summed E-state index contributed by atoms with van der Waals surface area (Å²) in [5.41, 5.74) is 2.75. The average molecular weight is 297 g/mol. The number of hydrogen-bond acceptors (Lipinski definition) is 1. The van der Waals surface area contributed by atoms with Gasteiger partial charge in [-0.1, -0.05) is 82.2 Å². The molecule has 1 heteroatoms. The SMILES string of the molecule is CCCCCCCCCCc1cccc2cccc(NC)c12. The van der Waals surface area contributed by atoms with E-state index in [1.165, 1.54) is 79.8 Å². The van der Waals surface area contributed by atoms with Crippen molar-refractivity contribution in [2.75, 3.05) is 12.4 Å². The monoisotopic (exact) mass is 297 g/mol. The summed E-state index contributed by atoms with van der Waals surface area (Å²) in [5, 5.41) is 6.10. The third-order valence-corrected chi connectivity index (χ3v) is 4.56. The van der Waals surface area contributed by atoms with Crippen LogP contribution in [0.15, 0.2) is 36.4 Å². The quantitative estimate of drug-likeness (QED) is 0.489. The van der Waals surface area contributed by atoms with Crippen molar-refractivity contribution in [1.29, 1.82) is 0 Å². The van der Waals surface area contributed by atoms with Crippen LogP contribution in [0.5, 0.6) is 0 Å². The van der Waals surface area contributed by atoms with Crippen LogP contribution in [0.25, 0.3) is 10.8 Å². The first-order valence-corrected chi connectivity index (χ1v) is 9.05. The first-order valence-electron chi connectivity index (χ1n) is 9.05. The highest BCUT2D eigenvalue weighted by molar-refractivity contribution is 5.96. The van der Waals surface area contributed by atoms with Crippen molar-refractivity contribution in [2.24, 2.45) is 0 Å². The molecule has 0 amide bonds. The van der Waals surface area contributed by atoms with E-state index in [2.05, 4.69) is 48.6 Å². The van der Waals surface area contributed by atoms with Crippen LogP contribution >= 0.6 is 0 Å². The minimum Gasteiger partial charge on any atom is -0.388 e. The van der Waals surface area contributed by atoms with Crippen molar-refractivity contribution in [3.8, 4) is 0 Å². The van der Waals surface area contributed by atoms with Gasteiger partial charge in [-0.3, -0.25) is 0 Å². The molecular weight excluding hydrogens is 266 g/mol. The number of benzene rings is 2. The predicted molar refractivity (Wildman–Crippen MR) is 99.8 cm³/mol. The number of nitrogens with one attached hydrogen (secondary N) is 1. The maximum atomic E-state index is 3.34. The maximum Gasteiger partial charge on any atom is 0.0420 e. The lowest BCUT2D eigenvalue weighted by Crippen LogP contribution is -1.94. The Bertz CT molecular complexity index is 554. The maximum absolute atomic E-state index is 3.34. The molecule has 0 spiro atoms. The summed E-state index contributed by atoms with van der Waals surface area (Å²) < 4.78 is 0. The van der Waals surface area contributed by atoms with Crippen molar-refractivity contribution in [2.45, 2.75) is 64.7 Å². The van der Waals surface area contributed by atoms with Gasteiger partial charge in [0, 0.05) is 18.1 Å². The summed E-state index contributed by atoms with van der Waals surface area (Å²) in [4.78, 5) is 0. The smallest absolute Gasteiger partial charge is 0.0420 e. The summed E-state index contributed by atoms with van der Waals surface area (Å²) in [6.45, 7) is 2.28. The molecule has 2 aromatic carbocycles. The van der Waals surface area contributed by atoms with Gasteiger partial charge in [0.1, 0.15) is 0 Å². The Morgan fingerprint density at radius 3 is 2.09 bits per heavy atom. The van der Waals surface area contributed by atoms with Crippen molar-refractivity contribution >= 4 is 16.5 Å². The Morgan fingerprint density at radius 2 is 1.41 bits per heavy atom. The fraction of sp³-hybridized carbons (Fsp3) is 0.524. The van der Waals surface area contributed by atoms with E-state index in [1.54, 1.807) is 0 Å². The molecule has 1 nitrogen and oxygen atoms in total. The van der Waals surface area contributed by atoms with Crippen LogP contribution in [0.3, 0.4) is 0 Å². The second-order valence-corrected chi connectivity index (χ2v) is 6.30. The van der Waals surface area contributed by atoms with E-state index in [0.717, 1.165) is 0 Å².